The van der Waals surface area contributed by atoms with E-state index in [9.17, 15) is 4.79 Å². The SMILES string of the molecule is Cc1cccc2c1C[C@H](C(=O)Cl)[C@@H]2C. The van der Waals surface area contributed by atoms with Crippen LogP contribution < -0.4 is 0 Å². The van der Waals surface area contributed by atoms with E-state index in [1.165, 1.54) is 16.7 Å². The fourth-order valence-corrected chi connectivity index (χ4v) is 2.59. The van der Waals surface area contributed by atoms with Crippen molar-refractivity contribution >= 4 is 16.8 Å². The van der Waals surface area contributed by atoms with Gasteiger partial charge >= 0.3 is 0 Å². The maximum Gasteiger partial charge on any atom is 0.225 e. The molecule has 14 heavy (non-hydrogen) atoms. The topological polar surface area (TPSA) is 17.1 Å². The number of fused-ring (bicyclic) bond motifs is 1. The zero-order valence-corrected chi connectivity index (χ0v) is 9.14. The molecule has 0 radical (unpaired) electrons. The molecule has 2 heteroatoms. The Morgan fingerprint density at radius 1 is 1.50 bits per heavy atom. The van der Waals surface area contributed by atoms with Gasteiger partial charge in [-0.3, -0.25) is 4.79 Å². The second kappa shape index (κ2) is 3.39. The summed E-state index contributed by atoms with van der Waals surface area (Å²) in [6.45, 7) is 4.17. The van der Waals surface area contributed by atoms with Crippen LogP contribution in [0.3, 0.4) is 0 Å². The second-order valence-corrected chi connectivity index (χ2v) is 4.42. The van der Waals surface area contributed by atoms with Gasteiger partial charge < -0.3 is 0 Å². The number of carbonyl (C=O) groups is 1. The fraction of sp³-hybridized carbons (Fsp3) is 0.417. The minimum Gasteiger partial charge on any atom is -0.281 e. The Bertz CT molecular complexity index is 384. The van der Waals surface area contributed by atoms with Crippen molar-refractivity contribution in [3.63, 3.8) is 0 Å². The van der Waals surface area contributed by atoms with E-state index in [0.717, 1.165) is 6.42 Å². The van der Waals surface area contributed by atoms with E-state index in [0.29, 0.717) is 0 Å². The van der Waals surface area contributed by atoms with E-state index in [1.807, 2.05) is 6.07 Å². The molecule has 0 saturated carbocycles. The number of hydrogen-bond donors (Lipinski definition) is 0. The third-order valence-corrected chi connectivity index (χ3v) is 3.54. The van der Waals surface area contributed by atoms with Crippen molar-refractivity contribution in [2.75, 3.05) is 0 Å². The van der Waals surface area contributed by atoms with Gasteiger partial charge in [-0.2, -0.15) is 0 Å². The van der Waals surface area contributed by atoms with Gasteiger partial charge in [0.1, 0.15) is 0 Å². The quantitative estimate of drug-likeness (QED) is 0.649. The van der Waals surface area contributed by atoms with Gasteiger partial charge in [-0.1, -0.05) is 25.1 Å². The summed E-state index contributed by atoms with van der Waals surface area (Å²) in [7, 11) is 0. The fourth-order valence-electron chi connectivity index (χ4n) is 2.32. The Morgan fingerprint density at radius 2 is 2.21 bits per heavy atom. The summed E-state index contributed by atoms with van der Waals surface area (Å²) in [6, 6.07) is 6.24. The average molecular weight is 209 g/mol. The largest absolute Gasteiger partial charge is 0.281 e. The standard InChI is InChI=1S/C12H13ClO/c1-7-4-3-5-9-8(2)11(12(13)14)6-10(7)9/h3-5,8,11H,6H2,1-2H3/t8-,11+/m1/s1. The number of rotatable bonds is 1. The Labute approximate surface area is 89.1 Å². The van der Waals surface area contributed by atoms with E-state index in [2.05, 4.69) is 26.0 Å². The molecule has 1 aliphatic carbocycles. The number of benzene rings is 1. The number of carbonyl (C=O) groups excluding carboxylic acids is 1. The Morgan fingerprint density at radius 3 is 2.79 bits per heavy atom. The van der Waals surface area contributed by atoms with Crippen LogP contribution in [0.1, 0.15) is 29.5 Å². The van der Waals surface area contributed by atoms with E-state index >= 15 is 0 Å². The van der Waals surface area contributed by atoms with Gasteiger partial charge in [0.2, 0.25) is 5.24 Å². The minimum atomic E-state index is -0.201. The van der Waals surface area contributed by atoms with Crippen LogP contribution in [0.4, 0.5) is 0 Å². The molecule has 1 aromatic rings. The van der Waals surface area contributed by atoms with Gasteiger partial charge in [0.25, 0.3) is 0 Å². The third-order valence-electron chi connectivity index (χ3n) is 3.26. The maximum atomic E-state index is 11.2. The van der Waals surface area contributed by atoms with Crippen LogP contribution in [0, 0.1) is 12.8 Å². The first-order chi connectivity index (χ1) is 6.61. The van der Waals surface area contributed by atoms with Crippen LogP contribution >= 0.6 is 11.6 Å². The highest BCUT2D eigenvalue weighted by molar-refractivity contribution is 6.64. The van der Waals surface area contributed by atoms with Gasteiger partial charge in [-0.15, -0.1) is 0 Å². The summed E-state index contributed by atoms with van der Waals surface area (Å²) in [5.74, 6) is 0.252. The van der Waals surface area contributed by atoms with Crippen LogP contribution in [0.15, 0.2) is 18.2 Å². The summed E-state index contributed by atoms with van der Waals surface area (Å²) in [5.41, 5.74) is 3.89. The third kappa shape index (κ3) is 1.36. The lowest BCUT2D eigenvalue weighted by Gasteiger charge is -2.10. The molecular weight excluding hydrogens is 196 g/mol. The Balaban J connectivity index is 2.45. The zero-order valence-electron chi connectivity index (χ0n) is 8.38. The summed E-state index contributed by atoms with van der Waals surface area (Å²) < 4.78 is 0. The predicted molar refractivity (Wildman–Crippen MR) is 57.6 cm³/mol. The summed E-state index contributed by atoms with van der Waals surface area (Å²) in [5, 5.41) is -0.201. The molecule has 0 bridgehead atoms. The van der Waals surface area contributed by atoms with Gasteiger partial charge in [0.05, 0.1) is 0 Å². The highest BCUT2D eigenvalue weighted by Gasteiger charge is 2.33. The molecule has 0 aliphatic heterocycles. The van der Waals surface area contributed by atoms with Crippen molar-refractivity contribution in [1.29, 1.82) is 0 Å². The summed E-state index contributed by atoms with van der Waals surface area (Å²) >= 11 is 5.58. The maximum absolute atomic E-state index is 11.2. The highest BCUT2D eigenvalue weighted by Crippen LogP contribution is 2.39. The van der Waals surface area contributed by atoms with Crippen LogP contribution in [0.2, 0.25) is 0 Å². The molecular formula is C12H13ClO. The molecule has 1 nitrogen and oxygen atoms in total. The van der Waals surface area contributed by atoms with E-state index in [-0.39, 0.29) is 17.1 Å². The lowest BCUT2D eigenvalue weighted by molar-refractivity contribution is -0.115. The molecule has 74 valence electrons. The van der Waals surface area contributed by atoms with Crippen LogP contribution in [-0.2, 0) is 11.2 Å². The lowest BCUT2D eigenvalue weighted by Crippen LogP contribution is -2.11. The molecule has 0 aromatic heterocycles. The molecule has 0 spiro atoms. The van der Waals surface area contributed by atoms with Gasteiger partial charge in [0, 0.05) is 5.92 Å². The molecule has 0 amide bonds. The van der Waals surface area contributed by atoms with Crippen molar-refractivity contribution in [3.05, 3.63) is 34.9 Å². The molecule has 0 heterocycles. The number of halogens is 1. The second-order valence-electron chi connectivity index (χ2n) is 4.05. The molecule has 1 aliphatic rings. The van der Waals surface area contributed by atoms with E-state index in [1.54, 1.807) is 0 Å². The summed E-state index contributed by atoms with van der Waals surface area (Å²) in [4.78, 5) is 11.2. The molecule has 1 aromatic carbocycles. The molecule has 2 atom stereocenters. The van der Waals surface area contributed by atoms with Crippen LogP contribution in [-0.4, -0.2) is 5.24 Å². The van der Waals surface area contributed by atoms with Crippen LogP contribution in [0.25, 0.3) is 0 Å². The highest BCUT2D eigenvalue weighted by atomic mass is 35.5. The van der Waals surface area contributed by atoms with Crippen molar-refractivity contribution in [3.8, 4) is 0 Å². The van der Waals surface area contributed by atoms with E-state index in [4.69, 9.17) is 11.6 Å². The number of hydrogen-bond acceptors (Lipinski definition) is 1. The lowest BCUT2D eigenvalue weighted by atomic mass is 9.96. The molecule has 0 unspecified atom stereocenters. The molecule has 0 saturated heterocycles. The van der Waals surface area contributed by atoms with Crippen molar-refractivity contribution in [2.45, 2.75) is 26.2 Å². The van der Waals surface area contributed by atoms with Crippen LogP contribution in [0.5, 0.6) is 0 Å². The van der Waals surface area contributed by atoms with Crippen molar-refractivity contribution in [1.82, 2.24) is 0 Å². The minimum absolute atomic E-state index is 0.0206. The Hall–Kier alpha value is -0.820. The normalized spacial score (nSPS) is 24.8. The molecule has 2 rings (SSSR count). The van der Waals surface area contributed by atoms with Crippen molar-refractivity contribution < 1.29 is 4.79 Å². The summed E-state index contributed by atoms with van der Waals surface area (Å²) in [6.07, 6.45) is 0.811. The van der Waals surface area contributed by atoms with Gasteiger partial charge in [-0.25, -0.2) is 0 Å². The van der Waals surface area contributed by atoms with E-state index < -0.39 is 0 Å². The predicted octanol–water partition coefficient (Wildman–Crippen LogP) is 3.04. The van der Waals surface area contributed by atoms with Crippen molar-refractivity contribution in [2.24, 2.45) is 5.92 Å². The average Bonchev–Trinajstić information content (AvgIpc) is 2.46. The van der Waals surface area contributed by atoms with Gasteiger partial charge in [-0.05, 0) is 47.6 Å². The molecule has 0 N–H and O–H groups in total. The van der Waals surface area contributed by atoms with Gasteiger partial charge in [0.15, 0.2) is 0 Å². The number of aryl methyl sites for hydroxylation is 1. The smallest absolute Gasteiger partial charge is 0.225 e. The molecule has 0 fully saturated rings. The first-order valence-electron chi connectivity index (χ1n) is 4.89. The first kappa shape index (κ1) is 9.72. The first-order valence-corrected chi connectivity index (χ1v) is 5.26. The monoisotopic (exact) mass is 208 g/mol. The zero-order chi connectivity index (χ0) is 10.3. The Kier molecular flexibility index (Phi) is 2.36.